The van der Waals surface area contributed by atoms with Gasteiger partial charge in [0.15, 0.2) is 6.61 Å². The van der Waals surface area contributed by atoms with Gasteiger partial charge in [0.1, 0.15) is 11.5 Å². The minimum Gasteiger partial charge on any atom is -0.492 e. The summed E-state index contributed by atoms with van der Waals surface area (Å²) in [5.74, 6) is -1.19. The first kappa shape index (κ1) is 26.0. The summed E-state index contributed by atoms with van der Waals surface area (Å²) in [6.45, 7) is 5.94. The van der Waals surface area contributed by atoms with Gasteiger partial charge in [-0.1, -0.05) is 36.4 Å². The summed E-state index contributed by atoms with van der Waals surface area (Å²) in [6, 6.07) is 19.4. The van der Waals surface area contributed by atoms with Gasteiger partial charge in [0, 0.05) is 5.69 Å². The van der Waals surface area contributed by atoms with Gasteiger partial charge < -0.3 is 20.1 Å². The zero-order valence-electron chi connectivity index (χ0n) is 20.3. The molecule has 0 radical (unpaired) electrons. The van der Waals surface area contributed by atoms with Gasteiger partial charge in [-0.3, -0.25) is 14.4 Å². The summed E-state index contributed by atoms with van der Waals surface area (Å²) in [5.41, 5.74) is 5.91. The van der Waals surface area contributed by atoms with E-state index in [1.165, 1.54) is 6.21 Å². The topological polar surface area (TPSA) is 118 Å². The second-order valence-corrected chi connectivity index (χ2v) is 7.81. The molecule has 3 aromatic carbocycles. The highest BCUT2D eigenvalue weighted by Crippen LogP contribution is 2.23. The van der Waals surface area contributed by atoms with E-state index in [-0.39, 0.29) is 12.5 Å². The predicted molar refractivity (Wildman–Crippen MR) is 138 cm³/mol. The van der Waals surface area contributed by atoms with Crippen molar-refractivity contribution in [3.63, 3.8) is 0 Å². The number of hydrazone groups is 1. The van der Waals surface area contributed by atoms with Crippen molar-refractivity contribution in [2.24, 2.45) is 5.10 Å². The zero-order chi connectivity index (χ0) is 25.9. The number of aryl methyl sites for hydroxylation is 2. The van der Waals surface area contributed by atoms with Crippen molar-refractivity contribution in [3.8, 4) is 11.5 Å². The van der Waals surface area contributed by atoms with E-state index in [0.717, 1.165) is 16.8 Å². The average Bonchev–Trinajstić information content (AvgIpc) is 2.86. The lowest BCUT2D eigenvalue weighted by Gasteiger charge is -2.11. The number of benzene rings is 3. The van der Waals surface area contributed by atoms with E-state index in [0.29, 0.717) is 29.4 Å². The van der Waals surface area contributed by atoms with Crippen LogP contribution in [0.25, 0.3) is 0 Å². The van der Waals surface area contributed by atoms with Crippen molar-refractivity contribution in [3.05, 3.63) is 83.4 Å². The minimum atomic E-state index is -0.937. The van der Waals surface area contributed by atoms with Crippen LogP contribution in [-0.4, -0.2) is 37.1 Å². The molecule has 0 bridgehead atoms. The number of rotatable bonds is 9. The number of nitrogens with one attached hydrogen (secondary N) is 3. The maximum Gasteiger partial charge on any atom is 0.329 e. The molecule has 3 rings (SSSR count). The highest BCUT2D eigenvalue weighted by molar-refractivity contribution is 6.39. The van der Waals surface area contributed by atoms with Gasteiger partial charge in [0.05, 0.1) is 18.5 Å². The third-order valence-electron chi connectivity index (χ3n) is 4.92. The first-order valence-corrected chi connectivity index (χ1v) is 11.3. The van der Waals surface area contributed by atoms with E-state index in [1.54, 1.807) is 48.5 Å². The molecule has 9 heteroatoms. The second-order valence-electron chi connectivity index (χ2n) is 7.81. The van der Waals surface area contributed by atoms with Crippen LogP contribution in [0, 0.1) is 13.8 Å². The van der Waals surface area contributed by atoms with E-state index in [2.05, 4.69) is 21.2 Å². The summed E-state index contributed by atoms with van der Waals surface area (Å²) >= 11 is 0. The van der Waals surface area contributed by atoms with Crippen LogP contribution >= 0.6 is 0 Å². The molecule has 0 fully saturated rings. The van der Waals surface area contributed by atoms with Gasteiger partial charge in [0.2, 0.25) is 0 Å². The van der Waals surface area contributed by atoms with E-state index in [1.807, 2.05) is 39.0 Å². The summed E-state index contributed by atoms with van der Waals surface area (Å²) in [7, 11) is 0. The lowest BCUT2D eigenvalue weighted by atomic mass is 10.1. The van der Waals surface area contributed by atoms with Crippen LogP contribution in [0.1, 0.15) is 23.6 Å². The Labute approximate surface area is 209 Å². The smallest absolute Gasteiger partial charge is 0.329 e. The number of anilines is 2. The molecule has 3 amide bonds. The van der Waals surface area contributed by atoms with Crippen LogP contribution in [0.2, 0.25) is 0 Å². The molecule has 0 aliphatic heterocycles. The lowest BCUT2D eigenvalue weighted by molar-refractivity contribution is -0.136. The molecule has 0 saturated carbocycles. The Morgan fingerprint density at radius 2 is 1.67 bits per heavy atom. The van der Waals surface area contributed by atoms with Crippen LogP contribution in [0.15, 0.2) is 71.8 Å². The van der Waals surface area contributed by atoms with Crippen molar-refractivity contribution in [2.75, 3.05) is 23.8 Å². The fraction of sp³-hybridized carbons (Fsp3) is 0.185. The molecule has 186 valence electrons. The zero-order valence-corrected chi connectivity index (χ0v) is 20.3. The van der Waals surface area contributed by atoms with Gasteiger partial charge in [-0.25, -0.2) is 5.43 Å². The monoisotopic (exact) mass is 488 g/mol. The number of ether oxygens (including phenoxy) is 2. The summed E-state index contributed by atoms with van der Waals surface area (Å²) < 4.78 is 11.0. The maximum absolute atomic E-state index is 12.3. The number of hydrogen-bond donors (Lipinski definition) is 3. The highest BCUT2D eigenvalue weighted by atomic mass is 16.5. The predicted octanol–water partition coefficient (Wildman–Crippen LogP) is 3.81. The van der Waals surface area contributed by atoms with Crippen molar-refractivity contribution in [2.45, 2.75) is 20.8 Å². The number of nitrogens with zero attached hydrogens (tertiary/aromatic N) is 1. The molecule has 3 N–H and O–H groups in total. The standard InChI is InChI=1S/C27H28N4O5/c1-4-35-24-11-6-5-10-22(24)30-26(33)27(34)31-28-16-20-8-7-9-21(15-20)36-17-25(32)29-23-14-18(2)12-13-19(23)3/h5-16H,4,17H2,1-3H3,(H,29,32)(H,30,33)(H,31,34)/b28-16-. The first-order valence-electron chi connectivity index (χ1n) is 11.3. The van der Waals surface area contributed by atoms with Crippen molar-refractivity contribution in [1.82, 2.24) is 5.43 Å². The summed E-state index contributed by atoms with van der Waals surface area (Å²) in [6.07, 6.45) is 1.36. The van der Waals surface area contributed by atoms with Crippen LogP contribution in [0.5, 0.6) is 11.5 Å². The minimum absolute atomic E-state index is 0.173. The largest absolute Gasteiger partial charge is 0.492 e. The lowest BCUT2D eigenvalue weighted by Crippen LogP contribution is -2.32. The normalized spacial score (nSPS) is 10.5. The van der Waals surface area contributed by atoms with Gasteiger partial charge >= 0.3 is 11.8 Å². The molecule has 0 heterocycles. The number of carbonyl (C=O) groups is 3. The van der Waals surface area contributed by atoms with Crippen LogP contribution < -0.4 is 25.5 Å². The molecule has 0 aromatic heterocycles. The summed E-state index contributed by atoms with van der Waals surface area (Å²) in [4.78, 5) is 36.6. The van der Waals surface area contributed by atoms with Crippen molar-refractivity contribution in [1.29, 1.82) is 0 Å². The third kappa shape index (κ3) is 7.69. The Balaban J connectivity index is 1.50. The van der Waals surface area contributed by atoms with Gasteiger partial charge in [-0.05, 0) is 67.8 Å². The van der Waals surface area contributed by atoms with Crippen LogP contribution in [0.3, 0.4) is 0 Å². The Morgan fingerprint density at radius 3 is 2.47 bits per heavy atom. The molecular formula is C27H28N4O5. The Hall–Kier alpha value is -4.66. The molecule has 0 spiro atoms. The number of amides is 3. The molecule has 0 aliphatic rings. The molecule has 0 atom stereocenters. The molecule has 0 saturated heterocycles. The van der Waals surface area contributed by atoms with Gasteiger partial charge in [-0.2, -0.15) is 5.10 Å². The quantitative estimate of drug-likeness (QED) is 0.241. The number of para-hydroxylation sites is 2. The highest BCUT2D eigenvalue weighted by Gasteiger charge is 2.15. The van der Waals surface area contributed by atoms with Gasteiger partial charge in [0.25, 0.3) is 5.91 Å². The molecule has 36 heavy (non-hydrogen) atoms. The van der Waals surface area contributed by atoms with Crippen molar-refractivity contribution >= 4 is 35.3 Å². The molecule has 3 aromatic rings. The average molecular weight is 489 g/mol. The fourth-order valence-electron chi connectivity index (χ4n) is 3.14. The van der Waals surface area contributed by atoms with Crippen molar-refractivity contribution < 1.29 is 23.9 Å². The summed E-state index contributed by atoms with van der Waals surface area (Å²) in [5, 5.41) is 9.16. The molecule has 0 unspecified atom stereocenters. The molecular weight excluding hydrogens is 460 g/mol. The van der Waals surface area contributed by atoms with E-state index in [4.69, 9.17) is 9.47 Å². The Kier molecular flexibility index (Phi) is 9.16. The van der Waals surface area contributed by atoms with E-state index >= 15 is 0 Å². The fourth-order valence-corrected chi connectivity index (χ4v) is 3.14. The molecule has 0 aliphatic carbocycles. The van der Waals surface area contributed by atoms with Crippen LogP contribution in [-0.2, 0) is 14.4 Å². The number of hydrogen-bond acceptors (Lipinski definition) is 6. The second kappa shape index (κ2) is 12.7. The van der Waals surface area contributed by atoms with E-state index < -0.39 is 11.8 Å². The first-order chi connectivity index (χ1) is 17.4. The van der Waals surface area contributed by atoms with Gasteiger partial charge in [-0.15, -0.1) is 0 Å². The Morgan fingerprint density at radius 1 is 0.861 bits per heavy atom. The van der Waals surface area contributed by atoms with E-state index in [9.17, 15) is 14.4 Å². The number of carbonyl (C=O) groups excluding carboxylic acids is 3. The van der Waals surface area contributed by atoms with Crippen LogP contribution in [0.4, 0.5) is 11.4 Å². The molecule has 9 nitrogen and oxygen atoms in total. The SMILES string of the molecule is CCOc1ccccc1NC(=O)C(=O)N/N=C\c1cccc(OCC(=O)Nc2cc(C)ccc2C)c1. The maximum atomic E-state index is 12.3. The Bertz CT molecular complexity index is 1270. The third-order valence-corrected chi connectivity index (χ3v) is 4.92.